The van der Waals surface area contributed by atoms with Gasteiger partial charge in [0.1, 0.15) is 5.82 Å². The molecule has 1 aromatic carbocycles. The number of hydrogen-bond donors (Lipinski definition) is 2. The molecule has 0 atom stereocenters. The molecule has 0 unspecified atom stereocenters. The summed E-state index contributed by atoms with van der Waals surface area (Å²) < 4.78 is 19.8. The Hall–Kier alpha value is -3.75. The first-order chi connectivity index (χ1) is 15.5. The van der Waals surface area contributed by atoms with Crippen LogP contribution in [0, 0.1) is 11.7 Å². The molecule has 164 valence electrons. The monoisotopic (exact) mass is 436 g/mol. The number of amides is 2. The van der Waals surface area contributed by atoms with Crippen LogP contribution in [-0.2, 0) is 9.53 Å². The third-order valence-electron chi connectivity index (χ3n) is 5.91. The molecule has 2 N–H and O–H groups in total. The smallest absolute Gasteiger partial charge is 0.340 e. The summed E-state index contributed by atoms with van der Waals surface area (Å²) >= 11 is 0. The van der Waals surface area contributed by atoms with Crippen LogP contribution in [-0.4, -0.2) is 52.9 Å². The number of aromatic nitrogens is 2. The van der Waals surface area contributed by atoms with Crippen molar-refractivity contribution in [2.45, 2.75) is 19.3 Å². The van der Waals surface area contributed by atoms with Crippen LogP contribution in [0.25, 0.3) is 22.2 Å². The van der Waals surface area contributed by atoms with E-state index in [1.54, 1.807) is 17.0 Å². The molecule has 32 heavy (non-hydrogen) atoms. The van der Waals surface area contributed by atoms with Gasteiger partial charge in [0, 0.05) is 47.4 Å². The van der Waals surface area contributed by atoms with Crippen LogP contribution in [0.2, 0.25) is 0 Å². The Morgan fingerprint density at radius 2 is 2.00 bits per heavy atom. The van der Waals surface area contributed by atoms with Crippen molar-refractivity contribution in [3.63, 3.8) is 0 Å². The molecular formula is C23H21FN4O4. The van der Waals surface area contributed by atoms with Gasteiger partial charge in [0.15, 0.2) is 5.82 Å². The number of esters is 1. The summed E-state index contributed by atoms with van der Waals surface area (Å²) in [6, 6.07) is 5.95. The SMILES string of the molecule is COC(=O)c1cnc(NC(=O)C2CC2)c2[nH]c(-c3ccc(C(=O)N4CCC4)cc3F)cc12. The maximum atomic E-state index is 15.0. The normalized spacial score (nSPS) is 15.4. The average molecular weight is 436 g/mol. The lowest BCUT2D eigenvalue weighted by atomic mass is 10.1. The zero-order valence-corrected chi connectivity index (χ0v) is 17.4. The molecule has 9 heteroatoms. The van der Waals surface area contributed by atoms with E-state index in [4.69, 9.17) is 4.74 Å². The van der Waals surface area contributed by atoms with E-state index in [0.29, 0.717) is 29.7 Å². The van der Waals surface area contributed by atoms with E-state index in [1.165, 1.54) is 25.4 Å². The molecule has 2 amide bonds. The van der Waals surface area contributed by atoms with Gasteiger partial charge >= 0.3 is 5.97 Å². The minimum Gasteiger partial charge on any atom is -0.465 e. The fourth-order valence-electron chi connectivity index (χ4n) is 3.76. The number of rotatable bonds is 5. The van der Waals surface area contributed by atoms with Crippen molar-refractivity contribution in [3.05, 3.63) is 47.4 Å². The number of methoxy groups -OCH3 is 1. The van der Waals surface area contributed by atoms with Crippen LogP contribution in [0.5, 0.6) is 0 Å². The third-order valence-corrected chi connectivity index (χ3v) is 5.91. The van der Waals surface area contributed by atoms with E-state index in [-0.39, 0.29) is 40.2 Å². The van der Waals surface area contributed by atoms with E-state index in [2.05, 4.69) is 15.3 Å². The second-order valence-corrected chi connectivity index (χ2v) is 8.09. The van der Waals surface area contributed by atoms with Gasteiger partial charge < -0.3 is 19.9 Å². The van der Waals surface area contributed by atoms with Crippen LogP contribution >= 0.6 is 0 Å². The first kappa shape index (κ1) is 20.2. The highest BCUT2D eigenvalue weighted by molar-refractivity contribution is 6.10. The fraction of sp³-hybridized carbons (Fsp3) is 0.304. The van der Waals surface area contributed by atoms with Gasteiger partial charge in [-0.3, -0.25) is 9.59 Å². The molecule has 0 bridgehead atoms. The molecule has 0 radical (unpaired) electrons. The van der Waals surface area contributed by atoms with Crippen molar-refractivity contribution in [2.75, 3.05) is 25.5 Å². The van der Waals surface area contributed by atoms with Crippen molar-refractivity contribution in [1.29, 1.82) is 0 Å². The molecule has 5 rings (SSSR count). The largest absolute Gasteiger partial charge is 0.465 e. The van der Waals surface area contributed by atoms with Crippen molar-refractivity contribution in [2.24, 2.45) is 5.92 Å². The number of carbonyl (C=O) groups excluding carboxylic acids is 3. The topological polar surface area (TPSA) is 104 Å². The van der Waals surface area contributed by atoms with Gasteiger partial charge in [0.2, 0.25) is 5.91 Å². The predicted octanol–water partition coefficient (Wildman–Crippen LogP) is 3.35. The number of anilines is 1. The first-order valence-electron chi connectivity index (χ1n) is 10.5. The minimum atomic E-state index is -0.593. The number of benzene rings is 1. The predicted molar refractivity (Wildman–Crippen MR) is 115 cm³/mol. The molecule has 3 aromatic rings. The van der Waals surface area contributed by atoms with Crippen LogP contribution in [0.4, 0.5) is 10.2 Å². The number of H-pyrrole nitrogens is 1. The standard InChI is InChI=1S/C23H21FN4O4/c1-32-23(31)16-11-25-20(27-21(29)12-3-4-12)19-15(16)10-18(26-19)14-6-5-13(9-17(14)24)22(30)28-7-2-8-28/h5-6,9-12,26H,2-4,7-8H2,1H3,(H,25,27,29). The number of fused-ring (bicyclic) bond motifs is 1. The van der Waals surface area contributed by atoms with Crippen LogP contribution < -0.4 is 5.32 Å². The summed E-state index contributed by atoms with van der Waals surface area (Å²) in [7, 11) is 1.26. The number of hydrogen-bond acceptors (Lipinski definition) is 5. The van der Waals surface area contributed by atoms with Crippen LogP contribution in [0.3, 0.4) is 0 Å². The van der Waals surface area contributed by atoms with E-state index in [0.717, 1.165) is 19.3 Å². The number of nitrogens with one attached hydrogen (secondary N) is 2. The molecule has 8 nitrogen and oxygen atoms in total. The van der Waals surface area contributed by atoms with Gasteiger partial charge in [0.25, 0.3) is 5.91 Å². The highest BCUT2D eigenvalue weighted by Gasteiger charge is 2.31. The maximum absolute atomic E-state index is 15.0. The molecule has 2 aromatic heterocycles. The second kappa shape index (κ2) is 7.74. The lowest BCUT2D eigenvalue weighted by molar-refractivity contribution is -0.117. The summed E-state index contributed by atoms with van der Waals surface area (Å²) in [5, 5.41) is 3.23. The zero-order valence-electron chi connectivity index (χ0n) is 17.4. The Morgan fingerprint density at radius 3 is 2.62 bits per heavy atom. The lowest BCUT2D eigenvalue weighted by Crippen LogP contribution is -2.42. The second-order valence-electron chi connectivity index (χ2n) is 8.09. The van der Waals surface area contributed by atoms with E-state index in [1.807, 2.05) is 0 Å². The Balaban J connectivity index is 1.55. The van der Waals surface area contributed by atoms with E-state index in [9.17, 15) is 18.8 Å². The number of ether oxygens (including phenoxy) is 1. The van der Waals surface area contributed by atoms with Crippen molar-refractivity contribution in [1.82, 2.24) is 14.9 Å². The van der Waals surface area contributed by atoms with Crippen molar-refractivity contribution < 1.29 is 23.5 Å². The number of carbonyl (C=O) groups is 3. The molecule has 1 aliphatic carbocycles. The molecule has 1 aliphatic heterocycles. The maximum Gasteiger partial charge on any atom is 0.340 e. The molecular weight excluding hydrogens is 415 g/mol. The fourth-order valence-corrected chi connectivity index (χ4v) is 3.76. The Bertz CT molecular complexity index is 1260. The minimum absolute atomic E-state index is 0.0319. The van der Waals surface area contributed by atoms with Gasteiger partial charge in [-0.25, -0.2) is 14.2 Å². The number of nitrogens with zero attached hydrogens (tertiary/aromatic N) is 2. The molecule has 3 heterocycles. The Kier molecular flexibility index (Phi) is 4.88. The van der Waals surface area contributed by atoms with Gasteiger partial charge in [-0.2, -0.15) is 0 Å². The molecule has 1 saturated carbocycles. The third kappa shape index (κ3) is 3.49. The first-order valence-corrected chi connectivity index (χ1v) is 10.5. The number of likely N-dealkylation sites (tertiary alicyclic amines) is 1. The average Bonchev–Trinajstić information content (AvgIpc) is 3.51. The van der Waals surface area contributed by atoms with E-state index >= 15 is 0 Å². The summed E-state index contributed by atoms with van der Waals surface area (Å²) in [5.41, 5.74) is 1.50. The number of halogens is 1. The highest BCUT2D eigenvalue weighted by Crippen LogP contribution is 2.34. The highest BCUT2D eigenvalue weighted by atomic mass is 19.1. The van der Waals surface area contributed by atoms with Crippen LogP contribution in [0.1, 0.15) is 40.0 Å². The lowest BCUT2D eigenvalue weighted by Gasteiger charge is -2.30. The molecule has 2 fully saturated rings. The van der Waals surface area contributed by atoms with Gasteiger partial charge in [-0.15, -0.1) is 0 Å². The molecule has 1 saturated heterocycles. The van der Waals surface area contributed by atoms with Gasteiger partial charge in [0.05, 0.1) is 18.2 Å². The summed E-state index contributed by atoms with van der Waals surface area (Å²) in [4.78, 5) is 45.8. The molecule has 2 aliphatic rings. The summed E-state index contributed by atoms with van der Waals surface area (Å²) in [6.07, 6.45) is 3.95. The van der Waals surface area contributed by atoms with Crippen LogP contribution in [0.15, 0.2) is 30.5 Å². The summed E-state index contributed by atoms with van der Waals surface area (Å²) in [5.74, 6) is -1.26. The van der Waals surface area contributed by atoms with Gasteiger partial charge in [-0.05, 0) is 43.5 Å². The quantitative estimate of drug-likeness (QED) is 0.597. The van der Waals surface area contributed by atoms with Gasteiger partial charge in [-0.1, -0.05) is 0 Å². The Labute approximate surface area is 182 Å². The summed E-state index contributed by atoms with van der Waals surface area (Å²) in [6.45, 7) is 1.37. The van der Waals surface area contributed by atoms with E-state index < -0.39 is 11.8 Å². The Morgan fingerprint density at radius 1 is 1.22 bits per heavy atom. The number of pyridine rings is 1. The van der Waals surface area contributed by atoms with Crippen molar-refractivity contribution in [3.8, 4) is 11.3 Å². The zero-order chi connectivity index (χ0) is 22.4. The molecule has 0 spiro atoms. The number of aromatic amines is 1. The van der Waals surface area contributed by atoms with Crippen molar-refractivity contribution >= 4 is 34.5 Å².